The lowest BCUT2D eigenvalue weighted by atomic mass is 9.70. The molecule has 10 heteroatoms. The molecule has 0 radical (unpaired) electrons. The van der Waals surface area contributed by atoms with E-state index in [0.29, 0.717) is 25.3 Å². The first-order chi connectivity index (χ1) is 18.0. The molecule has 3 amide bonds. The zero-order chi connectivity index (χ0) is 27.7. The predicted octanol–water partition coefficient (Wildman–Crippen LogP) is 3.96. The first-order valence-corrected chi connectivity index (χ1v) is 15.4. The van der Waals surface area contributed by atoms with Crippen LogP contribution in [0.25, 0.3) is 0 Å². The van der Waals surface area contributed by atoms with E-state index in [2.05, 4.69) is 26.6 Å². The number of rotatable bonds is 11. The highest BCUT2D eigenvalue weighted by atomic mass is 79.9. The number of amides is 3. The Kier molecular flexibility index (Phi) is 9.04. The second-order valence-electron chi connectivity index (χ2n) is 11.5. The van der Waals surface area contributed by atoms with Crippen LogP contribution >= 0.6 is 27.7 Å². The van der Waals surface area contributed by atoms with Gasteiger partial charge < -0.3 is 25.4 Å². The molecular weight excluding hydrogens is 570 g/mol. The van der Waals surface area contributed by atoms with E-state index in [-0.39, 0.29) is 34.4 Å². The highest BCUT2D eigenvalue weighted by Gasteiger charge is 2.75. The number of carbonyl (C=O) groups is 3. The van der Waals surface area contributed by atoms with E-state index in [1.54, 1.807) is 28.8 Å². The Bertz CT molecular complexity index is 1030. The number of carbonyl (C=O) groups excluding carboxylic acids is 3. The quantitative estimate of drug-likeness (QED) is 0.259. The molecule has 1 aromatic rings. The van der Waals surface area contributed by atoms with Gasteiger partial charge in [-0.15, -0.1) is 11.8 Å². The van der Waals surface area contributed by atoms with Gasteiger partial charge in [-0.25, -0.2) is 0 Å². The van der Waals surface area contributed by atoms with Gasteiger partial charge in [0.25, 0.3) is 0 Å². The molecule has 4 rings (SSSR count). The average Bonchev–Trinajstić information content (AvgIpc) is 3.42. The number of hydrogen-bond acceptors (Lipinski definition) is 6. The third-order valence-electron chi connectivity index (χ3n) is 7.58. The minimum atomic E-state index is -0.656. The predicted molar refractivity (Wildman–Crippen MR) is 154 cm³/mol. The molecule has 3 heterocycles. The Morgan fingerprint density at radius 2 is 1.84 bits per heavy atom. The van der Waals surface area contributed by atoms with E-state index in [9.17, 15) is 14.4 Å². The summed E-state index contributed by atoms with van der Waals surface area (Å²) in [5, 5.41) is 15.2. The SMILES string of the molecule is CCOc1ccc(NC(=O)[C@H]2[C@H]3C(=O)N(CCCCCCO)C(C(=O)NC(C)(C)C)C34CC(Br)[C@@H]2S4)cc1. The van der Waals surface area contributed by atoms with Gasteiger partial charge in [-0.2, -0.15) is 0 Å². The van der Waals surface area contributed by atoms with Crippen LogP contribution in [0.1, 0.15) is 59.8 Å². The monoisotopic (exact) mass is 609 g/mol. The van der Waals surface area contributed by atoms with E-state index in [1.165, 1.54) is 0 Å². The number of thioether (sulfide) groups is 1. The van der Waals surface area contributed by atoms with Gasteiger partial charge in [0.1, 0.15) is 11.8 Å². The van der Waals surface area contributed by atoms with E-state index < -0.39 is 28.2 Å². The summed E-state index contributed by atoms with van der Waals surface area (Å²) in [5.74, 6) is -0.792. The first-order valence-electron chi connectivity index (χ1n) is 13.6. The molecule has 8 nitrogen and oxygen atoms in total. The number of benzene rings is 1. The van der Waals surface area contributed by atoms with Gasteiger partial charge in [0.05, 0.1) is 23.2 Å². The normalized spacial score (nSPS) is 29.9. The number of aliphatic hydroxyl groups is 1. The van der Waals surface area contributed by atoms with Crippen molar-refractivity contribution >= 4 is 51.1 Å². The van der Waals surface area contributed by atoms with Crippen LogP contribution < -0.4 is 15.4 Å². The van der Waals surface area contributed by atoms with E-state index in [1.807, 2.05) is 39.8 Å². The molecule has 3 N–H and O–H groups in total. The molecule has 0 aliphatic carbocycles. The summed E-state index contributed by atoms with van der Waals surface area (Å²) in [4.78, 5) is 43.3. The second kappa shape index (κ2) is 11.8. The number of nitrogens with zero attached hydrogens (tertiary/aromatic N) is 1. The van der Waals surface area contributed by atoms with Crippen molar-refractivity contribution < 1.29 is 24.2 Å². The minimum absolute atomic E-state index is 0.0297. The molecule has 0 saturated carbocycles. The van der Waals surface area contributed by atoms with E-state index >= 15 is 0 Å². The zero-order valence-electron chi connectivity index (χ0n) is 22.7. The van der Waals surface area contributed by atoms with E-state index in [4.69, 9.17) is 9.84 Å². The molecule has 3 aliphatic heterocycles. The number of halogens is 1. The lowest BCUT2D eigenvalue weighted by Crippen LogP contribution is -2.57. The fourth-order valence-corrected chi connectivity index (χ4v) is 9.80. The third-order valence-corrected chi connectivity index (χ3v) is 10.8. The van der Waals surface area contributed by atoms with Crippen molar-refractivity contribution in [2.75, 3.05) is 25.1 Å². The van der Waals surface area contributed by atoms with Crippen LogP contribution in [0.2, 0.25) is 0 Å². The molecule has 3 fully saturated rings. The van der Waals surface area contributed by atoms with Crippen molar-refractivity contribution in [3.63, 3.8) is 0 Å². The molecule has 38 heavy (non-hydrogen) atoms. The Hall–Kier alpha value is -1.78. The molecule has 0 aromatic heterocycles. The van der Waals surface area contributed by atoms with Crippen molar-refractivity contribution in [1.29, 1.82) is 0 Å². The molecule has 3 unspecified atom stereocenters. The van der Waals surface area contributed by atoms with Crippen LogP contribution in [0.15, 0.2) is 24.3 Å². The topological polar surface area (TPSA) is 108 Å². The maximum Gasteiger partial charge on any atom is 0.244 e. The summed E-state index contributed by atoms with van der Waals surface area (Å²) < 4.78 is 4.85. The highest BCUT2D eigenvalue weighted by molar-refractivity contribution is 9.09. The van der Waals surface area contributed by atoms with Gasteiger partial charge in [-0.1, -0.05) is 28.8 Å². The molecule has 210 valence electrons. The van der Waals surface area contributed by atoms with E-state index in [0.717, 1.165) is 31.4 Å². The van der Waals surface area contributed by atoms with Crippen LogP contribution in [0, 0.1) is 11.8 Å². The number of hydrogen-bond donors (Lipinski definition) is 3. The summed E-state index contributed by atoms with van der Waals surface area (Å²) in [7, 11) is 0. The van der Waals surface area contributed by atoms with Gasteiger partial charge in [-0.3, -0.25) is 14.4 Å². The number of ether oxygens (including phenoxy) is 1. The standard InChI is InChI=1S/C28H40BrN3O5S/c1-5-37-18-12-10-17(11-13-18)30-24(34)20-21-26(36)32(14-8-6-7-9-15-33)23(25(35)31-27(2,3)4)28(21)16-19(29)22(20)38-28/h10-13,19-23,33H,5-9,14-16H2,1-4H3,(H,30,34)(H,31,35)/t19?,20-,21-,22-,23?,28?/m0/s1. The fourth-order valence-electron chi connectivity index (χ4n) is 6.18. The maximum absolute atomic E-state index is 14.0. The second-order valence-corrected chi connectivity index (χ2v) is 14.2. The zero-order valence-corrected chi connectivity index (χ0v) is 25.1. The van der Waals surface area contributed by atoms with Crippen molar-refractivity contribution in [2.24, 2.45) is 11.8 Å². The molecule has 1 aromatic carbocycles. The van der Waals surface area contributed by atoms with Crippen LogP contribution in [0.3, 0.4) is 0 Å². The summed E-state index contributed by atoms with van der Waals surface area (Å²) in [6.45, 7) is 8.92. The van der Waals surface area contributed by atoms with Crippen LogP contribution in [-0.4, -0.2) is 73.9 Å². The van der Waals surface area contributed by atoms with Crippen molar-refractivity contribution in [3.05, 3.63) is 24.3 Å². The maximum atomic E-state index is 14.0. The number of nitrogens with one attached hydrogen (secondary N) is 2. The Labute approximate surface area is 238 Å². The number of likely N-dealkylation sites (tertiary alicyclic amines) is 1. The first kappa shape index (κ1) is 29.2. The van der Waals surface area contributed by atoms with Crippen LogP contribution in [0.5, 0.6) is 5.75 Å². The minimum Gasteiger partial charge on any atom is -0.494 e. The van der Waals surface area contributed by atoms with Crippen molar-refractivity contribution in [3.8, 4) is 5.75 Å². The summed E-state index contributed by atoms with van der Waals surface area (Å²) in [6.07, 6.45) is 3.88. The number of alkyl halides is 1. The van der Waals surface area contributed by atoms with Crippen molar-refractivity contribution in [1.82, 2.24) is 10.2 Å². The molecule has 1 spiro atoms. The number of anilines is 1. The van der Waals surface area contributed by atoms with Gasteiger partial charge in [0.15, 0.2) is 0 Å². The fraction of sp³-hybridized carbons (Fsp3) is 0.679. The van der Waals surface area contributed by atoms with Gasteiger partial charge >= 0.3 is 0 Å². The van der Waals surface area contributed by atoms with Crippen LogP contribution in [-0.2, 0) is 14.4 Å². The lowest BCUT2D eigenvalue weighted by molar-refractivity contribution is -0.139. The van der Waals surface area contributed by atoms with Crippen LogP contribution in [0.4, 0.5) is 5.69 Å². The Morgan fingerprint density at radius 1 is 1.16 bits per heavy atom. The van der Waals surface area contributed by atoms with Gasteiger partial charge in [-0.05, 0) is 71.2 Å². The average molecular weight is 611 g/mol. The van der Waals surface area contributed by atoms with Crippen molar-refractivity contribution in [2.45, 2.75) is 86.2 Å². The smallest absolute Gasteiger partial charge is 0.244 e. The summed E-state index contributed by atoms with van der Waals surface area (Å²) in [5.41, 5.74) is 0.209. The van der Waals surface area contributed by atoms with Gasteiger partial charge in [0.2, 0.25) is 17.7 Å². The number of fused-ring (bicyclic) bond motifs is 1. The lowest BCUT2D eigenvalue weighted by Gasteiger charge is -2.36. The molecule has 3 aliphatic rings. The number of unbranched alkanes of at least 4 members (excludes halogenated alkanes) is 3. The summed E-state index contributed by atoms with van der Waals surface area (Å²) in [6, 6.07) is 6.61. The third kappa shape index (κ3) is 5.72. The highest BCUT2D eigenvalue weighted by Crippen LogP contribution is 2.67. The largest absolute Gasteiger partial charge is 0.494 e. The van der Waals surface area contributed by atoms with Gasteiger partial charge in [0, 0.05) is 34.5 Å². The Morgan fingerprint density at radius 3 is 2.47 bits per heavy atom. The molecular formula is C28H40BrN3O5S. The molecule has 3 saturated heterocycles. The number of aliphatic hydroxyl groups excluding tert-OH is 1. The molecule has 6 atom stereocenters. The summed E-state index contributed by atoms with van der Waals surface area (Å²) >= 11 is 5.45. The Balaban J connectivity index is 1.60. The molecule has 2 bridgehead atoms.